The number of halogens is 1. The van der Waals surface area contributed by atoms with E-state index in [0.717, 1.165) is 10.9 Å². The maximum atomic E-state index is 11.8. The van der Waals surface area contributed by atoms with E-state index in [2.05, 4.69) is 11.0 Å². The number of aliphatic hydroxyl groups is 2. The van der Waals surface area contributed by atoms with Crippen LogP contribution in [0.1, 0.15) is 13.2 Å². The van der Waals surface area contributed by atoms with Crippen LogP contribution in [0.2, 0.25) is 0 Å². The number of nitrogens with two attached hydrogens (primary N) is 1. The molecule has 1 aromatic heterocycles. The lowest BCUT2D eigenvalue weighted by Gasteiger charge is -2.26. The molecule has 0 bridgehead atoms. The topological polar surface area (TPSA) is 143 Å². The molecular weight excluding hydrogens is 304 g/mol. The number of H-pyrrole nitrogens is 1. The lowest BCUT2D eigenvalue weighted by molar-refractivity contribution is -0.0817. The summed E-state index contributed by atoms with van der Waals surface area (Å²) in [7, 11) is 0. The third-order valence-corrected chi connectivity index (χ3v) is 3.29. The molecule has 0 saturated carbocycles. The van der Waals surface area contributed by atoms with E-state index in [1.54, 1.807) is 0 Å². The molecule has 9 nitrogen and oxygen atoms in total. The number of aromatic nitrogens is 3. The number of nitrogens with zero attached hydrogens (tertiary/aromatic N) is 2. The Balaban J connectivity index is 2.56. The van der Waals surface area contributed by atoms with Gasteiger partial charge in [-0.1, -0.05) is 5.92 Å². The standard InChI is InChI=1S/C11H13ClN4O5/c1-5(17)7-8(19)11(13,2-3-12)9(21-7)16-10(20)15-6(18)4-14-16/h4-5,7-9,17,19H,13H2,1H3,(H,15,18,20)/t5-,7+,8-,9+,11?/m0/s1. The van der Waals surface area contributed by atoms with Crippen molar-refractivity contribution < 1.29 is 14.9 Å². The van der Waals surface area contributed by atoms with E-state index in [0.29, 0.717) is 0 Å². The summed E-state index contributed by atoms with van der Waals surface area (Å²) in [5, 5.41) is 25.5. The Morgan fingerprint density at radius 3 is 2.86 bits per heavy atom. The Hall–Kier alpha value is -1.70. The van der Waals surface area contributed by atoms with Gasteiger partial charge in [0.05, 0.1) is 6.10 Å². The summed E-state index contributed by atoms with van der Waals surface area (Å²) in [5.74, 6) is 2.36. The minimum absolute atomic E-state index is 0.701. The van der Waals surface area contributed by atoms with Crippen molar-refractivity contribution in [3.05, 3.63) is 27.0 Å². The molecular formula is C11H13ClN4O5. The van der Waals surface area contributed by atoms with Gasteiger partial charge < -0.3 is 20.7 Å². The van der Waals surface area contributed by atoms with E-state index in [1.807, 2.05) is 10.4 Å². The van der Waals surface area contributed by atoms with Crippen LogP contribution in [0.5, 0.6) is 0 Å². The van der Waals surface area contributed by atoms with Gasteiger partial charge in [-0.05, 0) is 18.5 Å². The summed E-state index contributed by atoms with van der Waals surface area (Å²) in [6.07, 6.45) is -4.08. The van der Waals surface area contributed by atoms with Gasteiger partial charge in [0.2, 0.25) is 0 Å². The predicted molar refractivity (Wildman–Crippen MR) is 71.3 cm³/mol. The molecule has 2 heterocycles. The van der Waals surface area contributed by atoms with Crippen molar-refractivity contribution >= 4 is 11.6 Å². The first-order valence-electron chi connectivity index (χ1n) is 5.92. The minimum Gasteiger partial charge on any atom is -0.391 e. The molecule has 0 aromatic carbocycles. The number of aliphatic hydroxyl groups excluding tert-OH is 2. The van der Waals surface area contributed by atoms with Crippen LogP contribution in [0.3, 0.4) is 0 Å². The largest absolute Gasteiger partial charge is 0.391 e. The van der Waals surface area contributed by atoms with Gasteiger partial charge in [0, 0.05) is 5.38 Å². The second-order valence-corrected chi connectivity index (χ2v) is 4.86. The molecule has 1 aliphatic heterocycles. The first-order valence-corrected chi connectivity index (χ1v) is 6.30. The summed E-state index contributed by atoms with van der Waals surface area (Å²) in [6.45, 7) is 1.38. The fourth-order valence-corrected chi connectivity index (χ4v) is 2.30. The molecule has 1 aliphatic rings. The monoisotopic (exact) mass is 316 g/mol. The molecule has 0 radical (unpaired) electrons. The zero-order valence-corrected chi connectivity index (χ0v) is 11.6. The molecule has 2 rings (SSSR count). The summed E-state index contributed by atoms with van der Waals surface area (Å²) in [6, 6.07) is 0. The second kappa shape index (κ2) is 5.59. The highest BCUT2D eigenvalue weighted by molar-refractivity contribution is 6.30. The molecule has 21 heavy (non-hydrogen) atoms. The van der Waals surface area contributed by atoms with Crippen molar-refractivity contribution in [2.45, 2.75) is 37.0 Å². The van der Waals surface area contributed by atoms with Crippen molar-refractivity contribution in [3.63, 3.8) is 0 Å². The molecule has 0 spiro atoms. The van der Waals surface area contributed by atoms with Crippen LogP contribution in [0.15, 0.2) is 15.8 Å². The highest BCUT2D eigenvalue weighted by Gasteiger charge is 2.56. The van der Waals surface area contributed by atoms with Crippen LogP contribution in [0, 0.1) is 11.3 Å². The highest BCUT2D eigenvalue weighted by atomic mass is 35.5. The molecule has 0 amide bonds. The number of hydrogen-bond acceptors (Lipinski definition) is 7. The molecule has 1 unspecified atom stereocenters. The maximum absolute atomic E-state index is 11.8. The quantitative estimate of drug-likeness (QED) is 0.440. The van der Waals surface area contributed by atoms with E-state index in [9.17, 15) is 19.8 Å². The van der Waals surface area contributed by atoms with Crippen LogP contribution in [-0.2, 0) is 4.74 Å². The Kier molecular flexibility index (Phi) is 4.18. The lowest BCUT2D eigenvalue weighted by Crippen LogP contribution is -2.56. The van der Waals surface area contributed by atoms with Crippen LogP contribution in [0.25, 0.3) is 0 Å². The molecule has 0 aliphatic carbocycles. The van der Waals surface area contributed by atoms with Crippen LogP contribution >= 0.6 is 11.6 Å². The minimum atomic E-state index is -1.78. The van der Waals surface area contributed by atoms with Gasteiger partial charge in [-0.25, -0.2) is 4.79 Å². The normalized spacial score (nSPS) is 33.3. The van der Waals surface area contributed by atoms with Gasteiger partial charge in [-0.3, -0.25) is 9.78 Å². The van der Waals surface area contributed by atoms with E-state index < -0.39 is 41.3 Å². The van der Waals surface area contributed by atoms with E-state index >= 15 is 0 Å². The fourth-order valence-electron chi connectivity index (χ4n) is 2.14. The van der Waals surface area contributed by atoms with Crippen LogP contribution < -0.4 is 17.0 Å². The molecule has 5 atom stereocenters. The van der Waals surface area contributed by atoms with Gasteiger partial charge in [-0.2, -0.15) is 9.78 Å². The number of ether oxygens (including phenoxy) is 1. The van der Waals surface area contributed by atoms with Crippen LogP contribution in [-0.4, -0.2) is 48.8 Å². The summed E-state index contributed by atoms with van der Waals surface area (Å²) < 4.78 is 6.13. The number of aromatic amines is 1. The number of hydrogen-bond donors (Lipinski definition) is 4. The average molecular weight is 317 g/mol. The predicted octanol–water partition coefficient (Wildman–Crippen LogP) is -2.53. The van der Waals surface area contributed by atoms with Crippen LogP contribution in [0.4, 0.5) is 0 Å². The maximum Gasteiger partial charge on any atom is 0.347 e. The number of nitrogens with one attached hydrogen (secondary N) is 1. The van der Waals surface area contributed by atoms with Crippen molar-refractivity contribution in [2.24, 2.45) is 5.73 Å². The molecule has 10 heteroatoms. The first kappa shape index (κ1) is 15.7. The molecule has 1 saturated heterocycles. The summed E-state index contributed by atoms with van der Waals surface area (Å²) in [4.78, 5) is 24.8. The van der Waals surface area contributed by atoms with E-state index in [4.69, 9.17) is 22.1 Å². The van der Waals surface area contributed by atoms with Crippen molar-refractivity contribution in [1.82, 2.24) is 14.8 Å². The summed E-state index contributed by atoms with van der Waals surface area (Å²) >= 11 is 5.35. The fraction of sp³-hybridized carbons (Fsp3) is 0.545. The molecule has 1 aromatic rings. The van der Waals surface area contributed by atoms with E-state index in [-0.39, 0.29) is 0 Å². The Labute approximate surface area is 123 Å². The van der Waals surface area contributed by atoms with Gasteiger partial charge in [0.1, 0.15) is 18.4 Å². The van der Waals surface area contributed by atoms with E-state index in [1.165, 1.54) is 6.92 Å². The Morgan fingerprint density at radius 1 is 1.67 bits per heavy atom. The molecule has 5 N–H and O–H groups in total. The average Bonchev–Trinajstić information content (AvgIpc) is 2.64. The first-order chi connectivity index (χ1) is 9.81. The van der Waals surface area contributed by atoms with Crippen molar-refractivity contribution in [2.75, 3.05) is 0 Å². The summed E-state index contributed by atoms with van der Waals surface area (Å²) in [5.41, 5.74) is 2.62. The van der Waals surface area contributed by atoms with Gasteiger partial charge in [0.15, 0.2) is 11.8 Å². The van der Waals surface area contributed by atoms with Gasteiger partial charge in [-0.15, -0.1) is 0 Å². The highest BCUT2D eigenvalue weighted by Crippen LogP contribution is 2.36. The lowest BCUT2D eigenvalue weighted by atomic mass is 9.90. The Morgan fingerprint density at radius 2 is 2.33 bits per heavy atom. The zero-order valence-electron chi connectivity index (χ0n) is 10.9. The van der Waals surface area contributed by atoms with Crippen molar-refractivity contribution in [1.29, 1.82) is 0 Å². The van der Waals surface area contributed by atoms with Crippen molar-refractivity contribution in [3.8, 4) is 11.3 Å². The number of rotatable bonds is 2. The SMILES string of the molecule is C[C@H](O)[C@H]1O[C@@H](n2ncc(=O)[nH]c2=O)C(N)(C#CCl)[C@H]1O. The Bertz CT molecular complexity index is 705. The third kappa shape index (κ3) is 2.59. The smallest absolute Gasteiger partial charge is 0.347 e. The third-order valence-electron chi connectivity index (χ3n) is 3.19. The zero-order chi connectivity index (χ0) is 15.8. The second-order valence-electron chi connectivity index (χ2n) is 4.67. The molecule has 1 fully saturated rings. The van der Waals surface area contributed by atoms with Gasteiger partial charge in [0.25, 0.3) is 5.56 Å². The van der Waals surface area contributed by atoms with Gasteiger partial charge >= 0.3 is 5.69 Å². The molecule has 114 valence electrons.